The zero-order chi connectivity index (χ0) is 13.8. The van der Waals surface area contributed by atoms with Crippen LogP contribution in [-0.4, -0.2) is 0 Å². The van der Waals surface area contributed by atoms with E-state index in [1.54, 1.807) is 24.3 Å². The number of ether oxygens (including phenoxy) is 1. The summed E-state index contributed by atoms with van der Waals surface area (Å²) in [7, 11) is 0. The predicted octanol–water partition coefficient (Wildman–Crippen LogP) is 4.28. The SMILES string of the molecule is NCc1ccc(OCc2cccc(Cl)c2)c(F)c1Br. The minimum atomic E-state index is -0.440. The second-order valence-corrected chi connectivity index (χ2v) is 5.20. The van der Waals surface area contributed by atoms with Crippen LogP contribution >= 0.6 is 27.5 Å². The lowest BCUT2D eigenvalue weighted by atomic mass is 10.2. The number of nitrogens with two attached hydrogens (primary N) is 1. The Morgan fingerprint density at radius 1 is 1.26 bits per heavy atom. The molecule has 0 aliphatic heterocycles. The molecule has 2 rings (SSSR count). The maximum Gasteiger partial charge on any atom is 0.179 e. The molecular weight excluding hydrogens is 333 g/mol. The first kappa shape index (κ1) is 14.3. The number of hydrogen-bond acceptors (Lipinski definition) is 2. The van der Waals surface area contributed by atoms with Crippen LogP contribution < -0.4 is 10.5 Å². The van der Waals surface area contributed by atoms with Crippen molar-refractivity contribution in [3.63, 3.8) is 0 Å². The van der Waals surface area contributed by atoms with Gasteiger partial charge in [0, 0.05) is 11.6 Å². The standard InChI is InChI=1S/C14H12BrClFNO/c15-13-10(7-18)4-5-12(14(13)17)19-8-9-2-1-3-11(16)6-9/h1-6H,7-8,18H2. The van der Waals surface area contributed by atoms with Crippen LogP contribution in [0.5, 0.6) is 5.75 Å². The van der Waals surface area contributed by atoms with Gasteiger partial charge in [-0.1, -0.05) is 29.8 Å². The van der Waals surface area contributed by atoms with Crippen LogP contribution in [0.25, 0.3) is 0 Å². The highest BCUT2D eigenvalue weighted by atomic mass is 79.9. The third-order valence-corrected chi connectivity index (χ3v) is 3.72. The van der Waals surface area contributed by atoms with E-state index in [2.05, 4.69) is 15.9 Å². The number of benzene rings is 2. The molecule has 2 aromatic carbocycles. The van der Waals surface area contributed by atoms with Crippen molar-refractivity contribution in [1.29, 1.82) is 0 Å². The summed E-state index contributed by atoms with van der Waals surface area (Å²) in [5.74, 6) is -0.256. The van der Waals surface area contributed by atoms with Crippen molar-refractivity contribution < 1.29 is 9.13 Å². The fourth-order valence-electron chi connectivity index (χ4n) is 1.63. The average molecular weight is 345 g/mol. The van der Waals surface area contributed by atoms with Gasteiger partial charge in [-0.2, -0.15) is 0 Å². The molecule has 100 valence electrons. The van der Waals surface area contributed by atoms with Gasteiger partial charge in [0.2, 0.25) is 0 Å². The summed E-state index contributed by atoms with van der Waals surface area (Å²) in [5.41, 5.74) is 7.08. The Morgan fingerprint density at radius 2 is 2.05 bits per heavy atom. The molecule has 0 aliphatic rings. The summed E-state index contributed by atoms with van der Waals surface area (Å²) in [6, 6.07) is 10.6. The highest BCUT2D eigenvalue weighted by Crippen LogP contribution is 2.29. The third kappa shape index (κ3) is 3.47. The molecule has 0 heterocycles. The average Bonchev–Trinajstić information content (AvgIpc) is 2.41. The van der Waals surface area contributed by atoms with Crippen LogP contribution in [0.2, 0.25) is 5.02 Å². The maximum atomic E-state index is 14.0. The number of rotatable bonds is 4. The van der Waals surface area contributed by atoms with Crippen molar-refractivity contribution in [3.05, 3.63) is 62.8 Å². The van der Waals surface area contributed by atoms with Gasteiger partial charge in [-0.3, -0.25) is 0 Å². The van der Waals surface area contributed by atoms with E-state index in [-0.39, 0.29) is 18.9 Å². The number of hydrogen-bond donors (Lipinski definition) is 1. The molecule has 19 heavy (non-hydrogen) atoms. The lowest BCUT2D eigenvalue weighted by molar-refractivity contribution is 0.289. The molecule has 0 saturated heterocycles. The third-order valence-electron chi connectivity index (χ3n) is 2.63. The minimum absolute atomic E-state index is 0.184. The van der Waals surface area contributed by atoms with Gasteiger partial charge in [0.1, 0.15) is 6.61 Å². The Bertz CT molecular complexity index is 592. The molecule has 5 heteroatoms. The van der Waals surface area contributed by atoms with Crippen molar-refractivity contribution in [2.75, 3.05) is 0 Å². The lowest BCUT2D eigenvalue weighted by Gasteiger charge is -2.10. The first-order valence-electron chi connectivity index (χ1n) is 5.66. The monoisotopic (exact) mass is 343 g/mol. The zero-order valence-electron chi connectivity index (χ0n) is 10.00. The van der Waals surface area contributed by atoms with E-state index >= 15 is 0 Å². The van der Waals surface area contributed by atoms with Crippen LogP contribution in [0.3, 0.4) is 0 Å². The van der Waals surface area contributed by atoms with E-state index in [4.69, 9.17) is 22.1 Å². The van der Waals surface area contributed by atoms with E-state index in [0.717, 1.165) is 5.56 Å². The quantitative estimate of drug-likeness (QED) is 0.898. The van der Waals surface area contributed by atoms with Crippen LogP contribution in [-0.2, 0) is 13.2 Å². The van der Waals surface area contributed by atoms with Crippen LogP contribution in [0.4, 0.5) is 4.39 Å². The molecule has 2 aromatic rings. The molecule has 0 saturated carbocycles. The fourth-order valence-corrected chi connectivity index (χ4v) is 2.33. The van der Waals surface area contributed by atoms with Gasteiger partial charge < -0.3 is 10.5 Å². The predicted molar refractivity (Wildman–Crippen MR) is 77.8 cm³/mol. The van der Waals surface area contributed by atoms with E-state index in [9.17, 15) is 4.39 Å². The molecule has 0 radical (unpaired) electrons. The van der Waals surface area contributed by atoms with Crippen LogP contribution in [0.1, 0.15) is 11.1 Å². The summed E-state index contributed by atoms with van der Waals surface area (Å²) < 4.78 is 19.8. The second-order valence-electron chi connectivity index (χ2n) is 3.97. The van der Waals surface area contributed by atoms with Crippen molar-refractivity contribution in [2.24, 2.45) is 5.73 Å². The van der Waals surface area contributed by atoms with Gasteiger partial charge in [-0.05, 0) is 45.3 Å². The van der Waals surface area contributed by atoms with Crippen LogP contribution in [0, 0.1) is 5.82 Å². The Hall–Kier alpha value is -1.10. The Balaban J connectivity index is 2.14. The lowest BCUT2D eigenvalue weighted by Crippen LogP contribution is -2.02. The Kier molecular flexibility index (Phi) is 4.80. The molecule has 0 amide bonds. The minimum Gasteiger partial charge on any atom is -0.486 e. The summed E-state index contributed by atoms with van der Waals surface area (Å²) in [6.07, 6.45) is 0. The summed E-state index contributed by atoms with van der Waals surface area (Å²) in [4.78, 5) is 0. The Labute approximate surface area is 124 Å². The second kappa shape index (κ2) is 6.37. The first-order valence-corrected chi connectivity index (χ1v) is 6.83. The van der Waals surface area contributed by atoms with Gasteiger partial charge in [-0.15, -0.1) is 0 Å². The van der Waals surface area contributed by atoms with Gasteiger partial charge in [-0.25, -0.2) is 4.39 Å². The molecule has 0 bridgehead atoms. The molecule has 0 spiro atoms. The maximum absolute atomic E-state index is 14.0. The zero-order valence-corrected chi connectivity index (χ0v) is 12.3. The summed E-state index contributed by atoms with van der Waals surface area (Å²) in [6.45, 7) is 0.526. The van der Waals surface area contributed by atoms with Crippen molar-refractivity contribution in [1.82, 2.24) is 0 Å². The smallest absolute Gasteiger partial charge is 0.179 e. The molecular formula is C14H12BrClFNO. The molecule has 0 aliphatic carbocycles. The highest BCUT2D eigenvalue weighted by Gasteiger charge is 2.11. The van der Waals surface area contributed by atoms with E-state index in [1.807, 2.05) is 12.1 Å². The van der Waals surface area contributed by atoms with Crippen molar-refractivity contribution >= 4 is 27.5 Å². The first-order chi connectivity index (χ1) is 9.11. The van der Waals surface area contributed by atoms with Gasteiger partial charge >= 0.3 is 0 Å². The van der Waals surface area contributed by atoms with Gasteiger partial charge in [0.05, 0.1) is 4.47 Å². The molecule has 2 nitrogen and oxygen atoms in total. The number of halogens is 3. The van der Waals surface area contributed by atoms with Crippen LogP contribution in [0.15, 0.2) is 40.9 Å². The molecule has 0 unspecified atom stereocenters. The van der Waals surface area contributed by atoms with Gasteiger partial charge in [0.15, 0.2) is 11.6 Å². The molecule has 0 aromatic heterocycles. The van der Waals surface area contributed by atoms with E-state index in [1.165, 1.54) is 0 Å². The van der Waals surface area contributed by atoms with Crippen molar-refractivity contribution in [3.8, 4) is 5.75 Å². The topological polar surface area (TPSA) is 35.2 Å². The fraction of sp³-hybridized carbons (Fsp3) is 0.143. The largest absolute Gasteiger partial charge is 0.486 e. The van der Waals surface area contributed by atoms with E-state index in [0.29, 0.717) is 15.1 Å². The molecule has 0 atom stereocenters. The van der Waals surface area contributed by atoms with Gasteiger partial charge in [0.25, 0.3) is 0 Å². The summed E-state index contributed by atoms with van der Waals surface area (Å²) >= 11 is 9.04. The summed E-state index contributed by atoms with van der Waals surface area (Å²) in [5, 5.41) is 0.626. The molecule has 0 fully saturated rings. The normalized spacial score (nSPS) is 10.5. The highest BCUT2D eigenvalue weighted by molar-refractivity contribution is 9.10. The Morgan fingerprint density at radius 3 is 2.74 bits per heavy atom. The van der Waals surface area contributed by atoms with E-state index < -0.39 is 5.82 Å². The molecule has 2 N–H and O–H groups in total. The van der Waals surface area contributed by atoms with Crippen molar-refractivity contribution in [2.45, 2.75) is 13.2 Å².